The van der Waals surface area contributed by atoms with Crippen LogP contribution in [0.4, 0.5) is 17.2 Å². The Bertz CT molecular complexity index is 980. The molecule has 0 atom stereocenters. The lowest BCUT2D eigenvalue weighted by molar-refractivity contribution is 0.0994. The van der Waals surface area contributed by atoms with Gasteiger partial charge >= 0.3 is 0 Å². The minimum atomic E-state index is -0.336. The monoisotopic (exact) mass is 392 g/mol. The van der Waals surface area contributed by atoms with Gasteiger partial charge in [-0.3, -0.25) is 9.59 Å². The molecule has 2 N–H and O–H groups in total. The molecule has 0 unspecified atom stereocenters. The van der Waals surface area contributed by atoms with E-state index in [1.165, 1.54) is 6.26 Å². The summed E-state index contributed by atoms with van der Waals surface area (Å²) in [7, 11) is 0. The Kier molecular flexibility index (Phi) is 5.53. The number of anilines is 3. The molecule has 3 aromatic rings. The summed E-state index contributed by atoms with van der Waals surface area (Å²) in [6.45, 7) is 2.62. The highest BCUT2D eigenvalue weighted by Gasteiger charge is 2.20. The third-order valence-electron chi connectivity index (χ3n) is 4.49. The van der Waals surface area contributed by atoms with Crippen LogP contribution in [0.25, 0.3) is 0 Å². The van der Waals surface area contributed by atoms with E-state index < -0.39 is 0 Å². The number of hydrogen-bond donors (Lipinski definition) is 2. The number of nitrogens with zero attached hydrogens (tertiary/aromatic N) is 2. The number of hydrogen-bond acceptors (Lipinski definition) is 6. The average Bonchev–Trinajstić information content (AvgIpc) is 3.31. The fourth-order valence-corrected chi connectivity index (χ4v) is 3.04. The number of morpholine rings is 1. The van der Waals surface area contributed by atoms with Crippen molar-refractivity contribution in [2.45, 2.75) is 0 Å². The van der Waals surface area contributed by atoms with Gasteiger partial charge in [0.15, 0.2) is 5.76 Å². The second kappa shape index (κ2) is 8.57. The Hall–Kier alpha value is -3.65. The minimum absolute atomic E-state index is 0.231. The summed E-state index contributed by atoms with van der Waals surface area (Å²) in [4.78, 5) is 31.3. The zero-order chi connectivity index (χ0) is 20.1. The van der Waals surface area contributed by atoms with E-state index >= 15 is 0 Å². The molecule has 8 nitrogen and oxygen atoms in total. The van der Waals surface area contributed by atoms with Crippen LogP contribution in [-0.4, -0.2) is 43.1 Å². The highest BCUT2D eigenvalue weighted by atomic mass is 16.5. The van der Waals surface area contributed by atoms with Crippen molar-refractivity contribution in [3.8, 4) is 0 Å². The van der Waals surface area contributed by atoms with Crippen LogP contribution in [-0.2, 0) is 4.74 Å². The molecule has 1 aromatic carbocycles. The molecule has 2 aromatic heterocycles. The molecule has 0 aliphatic carbocycles. The molecule has 148 valence electrons. The number of amides is 2. The molecule has 0 bridgehead atoms. The molecular weight excluding hydrogens is 372 g/mol. The van der Waals surface area contributed by atoms with E-state index in [0.717, 1.165) is 0 Å². The van der Waals surface area contributed by atoms with Gasteiger partial charge < -0.3 is 24.7 Å². The first-order valence-electron chi connectivity index (χ1n) is 9.25. The van der Waals surface area contributed by atoms with Crippen LogP contribution in [0.1, 0.15) is 20.9 Å². The number of ether oxygens (including phenoxy) is 1. The molecule has 29 heavy (non-hydrogen) atoms. The summed E-state index contributed by atoms with van der Waals surface area (Å²) in [6, 6.07) is 13.6. The van der Waals surface area contributed by atoms with Gasteiger partial charge in [0.2, 0.25) is 0 Å². The third-order valence-corrected chi connectivity index (χ3v) is 4.49. The number of aromatic nitrogens is 1. The lowest BCUT2D eigenvalue weighted by Crippen LogP contribution is -2.38. The Morgan fingerprint density at radius 2 is 1.59 bits per heavy atom. The fraction of sp³-hybridized carbons (Fsp3) is 0.190. The highest BCUT2D eigenvalue weighted by molar-refractivity contribution is 6.08. The van der Waals surface area contributed by atoms with E-state index in [4.69, 9.17) is 9.15 Å². The Morgan fingerprint density at radius 1 is 0.897 bits per heavy atom. The average molecular weight is 392 g/mol. The largest absolute Gasteiger partial charge is 0.459 e. The molecule has 1 saturated heterocycles. The van der Waals surface area contributed by atoms with E-state index in [1.807, 2.05) is 4.90 Å². The molecule has 1 aliphatic rings. The summed E-state index contributed by atoms with van der Waals surface area (Å²) in [5.41, 5.74) is 1.71. The van der Waals surface area contributed by atoms with Gasteiger partial charge in [-0.15, -0.1) is 0 Å². The number of carbonyl (C=O) groups excluding carboxylic acids is 2. The van der Waals surface area contributed by atoms with Crippen LogP contribution in [0.15, 0.2) is 65.4 Å². The molecule has 0 radical (unpaired) electrons. The van der Waals surface area contributed by atoms with Gasteiger partial charge in [0.25, 0.3) is 11.8 Å². The van der Waals surface area contributed by atoms with Gasteiger partial charge in [-0.05, 0) is 48.5 Å². The number of furan rings is 1. The molecule has 4 rings (SSSR count). The smallest absolute Gasteiger partial charge is 0.291 e. The van der Waals surface area contributed by atoms with Crippen molar-refractivity contribution in [1.29, 1.82) is 0 Å². The number of carbonyl (C=O) groups is 2. The van der Waals surface area contributed by atoms with Gasteiger partial charge in [-0.25, -0.2) is 4.98 Å². The van der Waals surface area contributed by atoms with Crippen LogP contribution in [0.2, 0.25) is 0 Å². The zero-order valence-corrected chi connectivity index (χ0v) is 15.6. The van der Waals surface area contributed by atoms with Crippen molar-refractivity contribution in [3.63, 3.8) is 0 Å². The van der Waals surface area contributed by atoms with E-state index in [-0.39, 0.29) is 17.6 Å². The third kappa shape index (κ3) is 4.44. The SMILES string of the molecule is O=C(Nc1ccc(NC(=O)c2cccnc2N2CCOCC2)cc1)c1ccco1. The predicted molar refractivity (Wildman–Crippen MR) is 108 cm³/mol. The topological polar surface area (TPSA) is 96.7 Å². The first-order valence-corrected chi connectivity index (χ1v) is 9.25. The van der Waals surface area contributed by atoms with Gasteiger partial charge in [0.1, 0.15) is 5.82 Å². The second-order valence-corrected chi connectivity index (χ2v) is 6.44. The lowest BCUT2D eigenvalue weighted by atomic mass is 10.2. The van der Waals surface area contributed by atoms with Crippen LogP contribution >= 0.6 is 0 Å². The van der Waals surface area contributed by atoms with E-state index in [9.17, 15) is 9.59 Å². The van der Waals surface area contributed by atoms with Gasteiger partial charge in [-0.2, -0.15) is 0 Å². The van der Waals surface area contributed by atoms with Crippen LogP contribution < -0.4 is 15.5 Å². The van der Waals surface area contributed by atoms with E-state index in [0.29, 0.717) is 49.1 Å². The molecule has 2 amide bonds. The second-order valence-electron chi connectivity index (χ2n) is 6.44. The Morgan fingerprint density at radius 3 is 2.24 bits per heavy atom. The number of nitrogens with one attached hydrogen (secondary N) is 2. The predicted octanol–water partition coefficient (Wildman–Crippen LogP) is 3.02. The maximum Gasteiger partial charge on any atom is 0.291 e. The van der Waals surface area contributed by atoms with E-state index in [1.54, 1.807) is 54.7 Å². The summed E-state index contributed by atoms with van der Waals surface area (Å²) < 4.78 is 10.4. The highest BCUT2D eigenvalue weighted by Crippen LogP contribution is 2.21. The van der Waals surface area contributed by atoms with Crippen molar-refractivity contribution in [2.24, 2.45) is 0 Å². The first-order chi connectivity index (χ1) is 14.2. The molecule has 0 spiro atoms. The maximum absolute atomic E-state index is 12.8. The standard InChI is InChI=1S/C21H20N4O4/c26-20(17-3-1-9-22-19(17)25-10-13-28-14-11-25)23-15-5-7-16(8-6-15)24-21(27)18-4-2-12-29-18/h1-9,12H,10-11,13-14H2,(H,23,26)(H,24,27). The Labute approximate surface area is 167 Å². The van der Waals surface area contributed by atoms with E-state index in [2.05, 4.69) is 15.6 Å². The summed E-state index contributed by atoms with van der Waals surface area (Å²) in [5, 5.41) is 5.61. The lowest BCUT2D eigenvalue weighted by Gasteiger charge is -2.29. The normalized spacial score (nSPS) is 13.7. The van der Waals surface area contributed by atoms with Crippen LogP contribution in [0.5, 0.6) is 0 Å². The van der Waals surface area contributed by atoms with Gasteiger partial charge in [-0.1, -0.05) is 0 Å². The van der Waals surface area contributed by atoms with Gasteiger partial charge in [0, 0.05) is 30.7 Å². The van der Waals surface area contributed by atoms with Crippen molar-refractivity contribution < 1.29 is 18.7 Å². The van der Waals surface area contributed by atoms with Crippen LogP contribution in [0, 0.1) is 0 Å². The van der Waals surface area contributed by atoms with Crippen molar-refractivity contribution in [3.05, 3.63) is 72.3 Å². The van der Waals surface area contributed by atoms with Crippen molar-refractivity contribution >= 4 is 29.0 Å². The quantitative estimate of drug-likeness (QED) is 0.693. The number of pyridine rings is 1. The Balaban J connectivity index is 1.43. The summed E-state index contributed by atoms with van der Waals surface area (Å²) in [5.74, 6) is 0.300. The first kappa shape index (κ1) is 18.7. The summed E-state index contributed by atoms with van der Waals surface area (Å²) in [6.07, 6.45) is 3.12. The summed E-state index contributed by atoms with van der Waals surface area (Å²) >= 11 is 0. The van der Waals surface area contributed by atoms with Crippen molar-refractivity contribution in [2.75, 3.05) is 41.8 Å². The molecular formula is C21H20N4O4. The number of benzene rings is 1. The number of rotatable bonds is 5. The van der Waals surface area contributed by atoms with Crippen LogP contribution in [0.3, 0.4) is 0 Å². The molecule has 0 saturated carbocycles. The minimum Gasteiger partial charge on any atom is -0.459 e. The fourth-order valence-electron chi connectivity index (χ4n) is 3.04. The van der Waals surface area contributed by atoms with Gasteiger partial charge in [0.05, 0.1) is 25.0 Å². The molecule has 3 heterocycles. The molecule has 1 fully saturated rings. The van der Waals surface area contributed by atoms with Crippen molar-refractivity contribution in [1.82, 2.24) is 4.98 Å². The molecule has 8 heteroatoms. The molecule has 1 aliphatic heterocycles. The maximum atomic E-state index is 12.8. The zero-order valence-electron chi connectivity index (χ0n) is 15.6.